The van der Waals surface area contributed by atoms with Crippen molar-refractivity contribution in [1.29, 1.82) is 0 Å². The topological polar surface area (TPSA) is 119 Å². The van der Waals surface area contributed by atoms with Gasteiger partial charge in [-0.05, 0) is 42.3 Å². The fourth-order valence-corrected chi connectivity index (χ4v) is 3.69. The van der Waals surface area contributed by atoms with Gasteiger partial charge in [-0.2, -0.15) is 0 Å². The molecule has 0 spiro atoms. The maximum atomic E-state index is 13.2. The average molecular weight is 492 g/mol. The summed E-state index contributed by atoms with van der Waals surface area (Å²) in [5, 5.41) is 13.6. The third kappa shape index (κ3) is 4.90. The summed E-state index contributed by atoms with van der Waals surface area (Å²) in [6.45, 7) is 1.68. The number of imide groups is 2. The second-order valence-corrected chi connectivity index (χ2v) is 8.00. The van der Waals surface area contributed by atoms with Crippen LogP contribution in [0, 0.1) is 17.0 Å². The normalized spacial score (nSPS) is 14.7. The van der Waals surface area contributed by atoms with E-state index in [1.165, 1.54) is 18.2 Å². The van der Waals surface area contributed by atoms with Crippen LogP contribution in [0.15, 0.2) is 72.3 Å². The van der Waals surface area contributed by atoms with Gasteiger partial charge in [-0.3, -0.25) is 25.0 Å². The molecule has 1 saturated heterocycles. The molecule has 0 aliphatic carbocycles. The number of para-hydroxylation sites is 1. The van der Waals surface area contributed by atoms with Gasteiger partial charge in [0.2, 0.25) is 0 Å². The minimum atomic E-state index is -0.877. The Labute approximate surface area is 204 Å². The van der Waals surface area contributed by atoms with Crippen molar-refractivity contribution in [2.24, 2.45) is 0 Å². The van der Waals surface area contributed by atoms with E-state index in [9.17, 15) is 24.5 Å². The minimum Gasteiger partial charge on any atom is -0.488 e. The quantitative estimate of drug-likeness (QED) is 0.229. The molecule has 176 valence electrons. The van der Waals surface area contributed by atoms with Crippen LogP contribution in [0.3, 0.4) is 0 Å². The van der Waals surface area contributed by atoms with Gasteiger partial charge in [0, 0.05) is 22.7 Å². The highest BCUT2D eigenvalue weighted by Crippen LogP contribution is 2.30. The predicted octanol–water partition coefficient (Wildman–Crippen LogP) is 4.80. The van der Waals surface area contributed by atoms with Crippen molar-refractivity contribution < 1.29 is 24.0 Å². The highest BCUT2D eigenvalue weighted by Gasteiger charge is 2.37. The lowest BCUT2D eigenvalue weighted by Crippen LogP contribution is -2.54. The zero-order valence-corrected chi connectivity index (χ0v) is 19.1. The lowest BCUT2D eigenvalue weighted by Gasteiger charge is -2.27. The fraction of sp³-hybridized carbons (Fsp3) is 0.0800. The number of rotatable bonds is 6. The summed E-state index contributed by atoms with van der Waals surface area (Å²) in [6, 6.07) is 16.6. The van der Waals surface area contributed by atoms with Gasteiger partial charge in [0.15, 0.2) is 0 Å². The number of nitrogens with zero attached hydrogens (tertiary/aromatic N) is 2. The number of anilines is 1. The van der Waals surface area contributed by atoms with Gasteiger partial charge in [0.05, 0.1) is 10.6 Å². The number of urea groups is 1. The number of hydrogen-bond acceptors (Lipinski definition) is 6. The molecular weight excluding hydrogens is 474 g/mol. The van der Waals surface area contributed by atoms with Crippen LogP contribution in [0.5, 0.6) is 5.75 Å². The maximum absolute atomic E-state index is 13.2. The van der Waals surface area contributed by atoms with Crippen molar-refractivity contribution >= 4 is 46.9 Å². The van der Waals surface area contributed by atoms with E-state index in [1.807, 2.05) is 0 Å². The zero-order chi connectivity index (χ0) is 25.1. The van der Waals surface area contributed by atoms with E-state index in [2.05, 4.69) is 5.32 Å². The number of nitrogens with one attached hydrogen (secondary N) is 1. The highest BCUT2D eigenvalue weighted by molar-refractivity contribution is 6.40. The Balaban J connectivity index is 1.65. The fourth-order valence-electron chi connectivity index (χ4n) is 3.52. The SMILES string of the molecule is Cc1c(Cl)cccc1N1C(=O)NC(=O)/C(=C\c2ccccc2OCc2cccc([N+](=O)[O-])c2)C1=O. The lowest BCUT2D eigenvalue weighted by molar-refractivity contribution is -0.384. The number of non-ortho nitro benzene ring substituents is 1. The van der Waals surface area contributed by atoms with Gasteiger partial charge in [-0.1, -0.05) is 48.0 Å². The summed E-state index contributed by atoms with van der Waals surface area (Å²) in [5.41, 5.74) is 1.41. The third-order valence-corrected chi connectivity index (χ3v) is 5.73. The molecule has 1 fully saturated rings. The van der Waals surface area contributed by atoms with Gasteiger partial charge in [0.1, 0.15) is 17.9 Å². The van der Waals surface area contributed by atoms with Crippen LogP contribution < -0.4 is 15.0 Å². The van der Waals surface area contributed by atoms with Crippen LogP contribution in [-0.2, 0) is 16.2 Å². The number of carbonyl (C=O) groups is 3. The Hall–Kier alpha value is -4.50. The second kappa shape index (κ2) is 9.78. The molecule has 0 unspecified atom stereocenters. The monoisotopic (exact) mass is 491 g/mol. The van der Waals surface area contributed by atoms with Crippen LogP contribution in [0.2, 0.25) is 5.02 Å². The van der Waals surface area contributed by atoms with Gasteiger partial charge >= 0.3 is 6.03 Å². The van der Waals surface area contributed by atoms with E-state index < -0.39 is 22.8 Å². The summed E-state index contributed by atoms with van der Waals surface area (Å²) >= 11 is 6.15. The Morgan fingerprint density at radius 1 is 1.06 bits per heavy atom. The van der Waals surface area contributed by atoms with Gasteiger partial charge in [0.25, 0.3) is 17.5 Å². The maximum Gasteiger partial charge on any atom is 0.335 e. The Bertz CT molecular complexity index is 1400. The first-order chi connectivity index (χ1) is 16.8. The largest absolute Gasteiger partial charge is 0.488 e. The van der Waals surface area contributed by atoms with E-state index in [1.54, 1.807) is 61.5 Å². The standard InChI is InChI=1S/C25H18ClN3O6/c1-15-20(26)9-5-10-21(15)28-24(31)19(23(30)27-25(28)32)13-17-7-2-3-11-22(17)35-14-16-6-4-8-18(12-16)29(33)34/h2-13H,14H2,1H3,(H,27,30,32)/b19-13+. The first-order valence-electron chi connectivity index (χ1n) is 10.4. The van der Waals surface area contributed by atoms with Crippen LogP contribution in [0.1, 0.15) is 16.7 Å². The number of barbiturate groups is 1. The van der Waals surface area contributed by atoms with Crippen molar-refractivity contribution in [3.63, 3.8) is 0 Å². The van der Waals surface area contributed by atoms with E-state index in [4.69, 9.17) is 16.3 Å². The highest BCUT2D eigenvalue weighted by atomic mass is 35.5. The summed E-state index contributed by atoms with van der Waals surface area (Å²) < 4.78 is 5.83. The number of benzene rings is 3. The van der Waals surface area contributed by atoms with Crippen LogP contribution in [0.25, 0.3) is 6.08 Å². The molecule has 1 aliphatic rings. The molecule has 3 aromatic rings. The molecule has 0 aromatic heterocycles. The van der Waals surface area contributed by atoms with Crippen molar-refractivity contribution in [3.8, 4) is 5.75 Å². The molecule has 1 aliphatic heterocycles. The predicted molar refractivity (Wildman–Crippen MR) is 129 cm³/mol. The van der Waals surface area contributed by atoms with Crippen molar-refractivity contribution in [3.05, 3.63) is 104 Å². The summed E-state index contributed by atoms with van der Waals surface area (Å²) in [5.74, 6) is -1.31. The van der Waals surface area contributed by atoms with E-state index in [0.29, 0.717) is 27.5 Å². The molecule has 0 atom stereocenters. The summed E-state index contributed by atoms with van der Waals surface area (Å²) in [6.07, 6.45) is 1.33. The van der Waals surface area contributed by atoms with Crippen LogP contribution in [0.4, 0.5) is 16.2 Å². The first-order valence-corrected chi connectivity index (χ1v) is 10.8. The molecule has 35 heavy (non-hydrogen) atoms. The summed E-state index contributed by atoms with van der Waals surface area (Å²) in [4.78, 5) is 49.7. The molecule has 0 saturated carbocycles. The number of amides is 4. The Morgan fingerprint density at radius 3 is 2.57 bits per heavy atom. The van der Waals surface area contributed by atoms with E-state index in [-0.39, 0.29) is 23.6 Å². The molecule has 3 aromatic carbocycles. The van der Waals surface area contributed by atoms with Crippen LogP contribution in [-0.4, -0.2) is 22.8 Å². The van der Waals surface area contributed by atoms with Crippen molar-refractivity contribution in [1.82, 2.24) is 5.32 Å². The molecule has 0 radical (unpaired) electrons. The van der Waals surface area contributed by atoms with Crippen molar-refractivity contribution in [2.45, 2.75) is 13.5 Å². The second-order valence-electron chi connectivity index (χ2n) is 7.60. The summed E-state index contributed by atoms with van der Waals surface area (Å²) in [7, 11) is 0. The van der Waals surface area contributed by atoms with Crippen LogP contribution >= 0.6 is 11.6 Å². The van der Waals surface area contributed by atoms with E-state index in [0.717, 1.165) is 4.90 Å². The average Bonchev–Trinajstić information content (AvgIpc) is 2.83. The molecule has 1 heterocycles. The minimum absolute atomic E-state index is 0.0222. The molecular formula is C25H18ClN3O6. The molecule has 0 bridgehead atoms. The molecule has 9 nitrogen and oxygen atoms in total. The molecule has 1 N–H and O–H groups in total. The Kier molecular flexibility index (Phi) is 6.61. The molecule has 4 rings (SSSR count). The lowest BCUT2D eigenvalue weighted by atomic mass is 10.0. The number of carbonyl (C=O) groups excluding carboxylic acids is 3. The molecule has 4 amide bonds. The number of nitro benzene ring substituents is 1. The number of nitro groups is 1. The van der Waals surface area contributed by atoms with Gasteiger partial charge in [-0.15, -0.1) is 0 Å². The number of ether oxygens (including phenoxy) is 1. The molecule has 10 heteroatoms. The zero-order valence-electron chi connectivity index (χ0n) is 18.4. The van der Waals surface area contributed by atoms with E-state index >= 15 is 0 Å². The van der Waals surface area contributed by atoms with Gasteiger partial charge < -0.3 is 4.74 Å². The number of halogens is 1. The Morgan fingerprint density at radius 2 is 1.80 bits per heavy atom. The third-order valence-electron chi connectivity index (χ3n) is 5.32. The first kappa shape index (κ1) is 23.7. The van der Waals surface area contributed by atoms with Crippen molar-refractivity contribution in [2.75, 3.05) is 4.90 Å². The van der Waals surface area contributed by atoms with Gasteiger partial charge in [-0.25, -0.2) is 9.69 Å². The smallest absolute Gasteiger partial charge is 0.335 e. The number of hydrogen-bond donors (Lipinski definition) is 1.